The quantitative estimate of drug-likeness (QED) is 0.160. The van der Waals surface area contributed by atoms with E-state index in [1.165, 1.54) is 49.7 Å². The molecule has 0 bridgehead atoms. The fraction of sp³-hybridized carbons (Fsp3) is 0.583. The number of hydrogen-bond acceptors (Lipinski definition) is 3. The van der Waals surface area contributed by atoms with Gasteiger partial charge in [0.1, 0.15) is 5.82 Å². The Bertz CT molecular complexity index is 784. The van der Waals surface area contributed by atoms with Gasteiger partial charge in [-0.25, -0.2) is 9.98 Å². The Morgan fingerprint density at radius 3 is 2.65 bits per heavy atom. The van der Waals surface area contributed by atoms with E-state index in [-0.39, 0.29) is 24.0 Å². The van der Waals surface area contributed by atoms with E-state index in [0.29, 0.717) is 12.6 Å². The number of benzene rings is 1. The van der Waals surface area contributed by atoms with E-state index in [2.05, 4.69) is 51.4 Å². The molecule has 1 saturated carbocycles. The number of imidazole rings is 1. The predicted octanol–water partition coefficient (Wildman–Crippen LogP) is 4.65. The highest BCUT2D eigenvalue weighted by Gasteiger charge is 2.12. The molecule has 1 heterocycles. The topological polar surface area (TPSA) is 63.5 Å². The van der Waals surface area contributed by atoms with Crippen LogP contribution in [0.3, 0.4) is 0 Å². The van der Waals surface area contributed by atoms with E-state index >= 15 is 0 Å². The first kappa shape index (κ1) is 25.6. The smallest absolute Gasteiger partial charge is 0.191 e. The molecule has 7 heteroatoms. The molecule has 0 saturated heterocycles. The molecule has 0 spiro atoms. The van der Waals surface area contributed by atoms with E-state index < -0.39 is 0 Å². The Hall–Kier alpha value is -1.61. The van der Waals surface area contributed by atoms with Crippen LogP contribution >= 0.6 is 24.0 Å². The van der Waals surface area contributed by atoms with Crippen molar-refractivity contribution in [2.45, 2.75) is 71.6 Å². The molecule has 2 aromatic rings. The van der Waals surface area contributed by atoms with Gasteiger partial charge in [0.25, 0.3) is 0 Å². The molecular formula is C24H38IN5O. The summed E-state index contributed by atoms with van der Waals surface area (Å²) in [6, 6.07) is 8.61. The molecule has 172 valence electrons. The Balaban J connectivity index is 0.00000341. The largest absolute Gasteiger partial charge is 0.376 e. The molecule has 3 rings (SSSR count). The second kappa shape index (κ2) is 14.5. The molecule has 1 aliphatic rings. The van der Waals surface area contributed by atoms with Crippen LogP contribution in [-0.2, 0) is 17.8 Å². The lowest BCUT2D eigenvalue weighted by Gasteiger charge is -2.16. The van der Waals surface area contributed by atoms with Crippen LogP contribution in [0.1, 0.15) is 62.4 Å². The Morgan fingerprint density at radius 1 is 1.16 bits per heavy atom. The van der Waals surface area contributed by atoms with Crippen molar-refractivity contribution in [1.29, 1.82) is 0 Å². The van der Waals surface area contributed by atoms with Gasteiger partial charge in [0.05, 0.1) is 19.3 Å². The third-order valence-corrected chi connectivity index (χ3v) is 5.58. The Morgan fingerprint density at radius 2 is 1.94 bits per heavy atom. The molecule has 6 nitrogen and oxygen atoms in total. The van der Waals surface area contributed by atoms with Gasteiger partial charge in [-0.05, 0) is 37.8 Å². The lowest BCUT2D eigenvalue weighted by atomic mass is 10.1. The zero-order valence-corrected chi connectivity index (χ0v) is 21.3. The van der Waals surface area contributed by atoms with Crippen molar-refractivity contribution in [1.82, 2.24) is 20.2 Å². The lowest BCUT2D eigenvalue weighted by molar-refractivity contribution is 0.0468. The minimum absolute atomic E-state index is 0. The van der Waals surface area contributed by atoms with Gasteiger partial charge in [-0.3, -0.25) is 0 Å². The number of hydrogen-bond donors (Lipinski definition) is 2. The maximum atomic E-state index is 6.08. The van der Waals surface area contributed by atoms with Gasteiger partial charge >= 0.3 is 0 Å². The maximum Gasteiger partial charge on any atom is 0.191 e. The van der Waals surface area contributed by atoms with Gasteiger partial charge in [-0.15, -0.1) is 24.0 Å². The summed E-state index contributed by atoms with van der Waals surface area (Å²) >= 11 is 0. The van der Waals surface area contributed by atoms with E-state index in [0.717, 1.165) is 38.0 Å². The SMILES string of the molecule is CCNC(=NCc1cccc(Cn2ccnc2C)c1)NCCOC1CCCCCC1.I. The second-order valence-corrected chi connectivity index (χ2v) is 8.03. The number of rotatable bonds is 9. The van der Waals surface area contributed by atoms with Crippen molar-refractivity contribution in [2.75, 3.05) is 19.7 Å². The minimum atomic E-state index is 0. The van der Waals surface area contributed by atoms with Crippen LogP contribution in [-0.4, -0.2) is 41.3 Å². The fourth-order valence-electron chi connectivity index (χ4n) is 3.91. The van der Waals surface area contributed by atoms with Gasteiger partial charge in [0, 0.05) is 32.0 Å². The number of aromatic nitrogens is 2. The molecular weight excluding hydrogens is 501 g/mol. The minimum Gasteiger partial charge on any atom is -0.376 e. The summed E-state index contributed by atoms with van der Waals surface area (Å²) in [4.78, 5) is 9.06. The van der Waals surface area contributed by atoms with E-state index in [4.69, 9.17) is 9.73 Å². The van der Waals surface area contributed by atoms with Crippen LogP contribution in [0.15, 0.2) is 41.7 Å². The van der Waals surface area contributed by atoms with Gasteiger partial charge in [-0.1, -0.05) is 49.9 Å². The number of guanidine groups is 1. The second-order valence-electron chi connectivity index (χ2n) is 8.03. The van der Waals surface area contributed by atoms with Crippen LogP contribution in [0.5, 0.6) is 0 Å². The van der Waals surface area contributed by atoms with Crippen molar-refractivity contribution in [2.24, 2.45) is 4.99 Å². The number of halogens is 1. The molecule has 31 heavy (non-hydrogen) atoms. The van der Waals surface area contributed by atoms with Gasteiger partial charge in [0.2, 0.25) is 0 Å². The van der Waals surface area contributed by atoms with Crippen molar-refractivity contribution in [3.8, 4) is 0 Å². The summed E-state index contributed by atoms with van der Waals surface area (Å²) in [5.74, 6) is 1.88. The number of nitrogens with zero attached hydrogens (tertiary/aromatic N) is 3. The lowest BCUT2D eigenvalue weighted by Crippen LogP contribution is -2.39. The van der Waals surface area contributed by atoms with Crippen LogP contribution in [0, 0.1) is 6.92 Å². The summed E-state index contributed by atoms with van der Waals surface area (Å²) in [5, 5.41) is 6.74. The first-order chi connectivity index (χ1) is 14.7. The molecule has 0 amide bonds. The third kappa shape index (κ3) is 9.19. The van der Waals surface area contributed by atoms with E-state index in [1.54, 1.807) is 0 Å². The molecule has 0 radical (unpaired) electrons. The molecule has 0 atom stereocenters. The van der Waals surface area contributed by atoms with Gasteiger partial charge in [-0.2, -0.15) is 0 Å². The summed E-state index contributed by atoms with van der Waals surface area (Å²) in [6.45, 7) is 7.96. The molecule has 1 aromatic heterocycles. The van der Waals surface area contributed by atoms with Crippen molar-refractivity contribution in [3.05, 3.63) is 53.6 Å². The van der Waals surface area contributed by atoms with Crippen LogP contribution in [0.4, 0.5) is 0 Å². The monoisotopic (exact) mass is 539 g/mol. The number of nitrogens with one attached hydrogen (secondary N) is 2. The molecule has 1 aliphatic carbocycles. The molecule has 0 aliphatic heterocycles. The fourth-order valence-corrected chi connectivity index (χ4v) is 3.91. The average Bonchev–Trinajstić information content (AvgIpc) is 2.99. The zero-order chi connectivity index (χ0) is 21.0. The van der Waals surface area contributed by atoms with Crippen LogP contribution in [0.2, 0.25) is 0 Å². The third-order valence-electron chi connectivity index (χ3n) is 5.58. The van der Waals surface area contributed by atoms with E-state index in [1.807, 2.05) is 19.3 Å². The predicted molar refractivity (Wildman–Crippen MR) is 138 cm³/mol. The van der Waals surface area contributed by atoms with E-state index in [9.17, 15) is 0 Å². The Labute approximate surface area is 204 Å². The molecule has 2 N–H and O–H groups in total. The summed E-state index contributed by atoms with van der Waals surface area (Å²) in [7, 11) is 0. The number of aliphatic imine (C=N–C) groups is 1. The number of aryl methyl sites for hydroxylation is 1. The van der Waals surface area contributed by atoms with Gasteiger partial charge in [0.15, 0.2) is 5.96 Å². The van der Waals surface area contributed by atoms with Crippen LogP contribution in [0.25, 0.3) is 0 Å². The summed E-state index contributed by atoms with van der Waals surface area (Å²) in [6.07, 6.45) is 12.1. The first-order valence-electron chi connectivity index (χ1n) is 11.4. The number of ether oxygens (including phenoxy) is 1. The highest BCUT2D eigenvalue weighted by atomic mass is 127. The zero-order valence-electron chi connectivity index (χ0n) is 19.0. The average molecular weight is 540 g/mol. The highest BCUT2D eigenvalue weighted by Crippen LogP contribution is 2.19. The van der Waals surface area contributed by atoms with Gasteiger partial charge < -0.3 is 19.9 Å². The Kier molecular flexibility index (Phi) is 12.0. The summed E-state index contributed by atoms with van der Waals surface area (Å²) in [5.41, 5.74) is 2.47. The normalized spacial score (nSPS) is 15.2. The maximum absolute atomic E-state index is 6.08. The van der Waals surface area contributed by atoms with Crippen molar-refractivity contribution < 1.29 is 4.74 Å². The summed E-state index contributed by atoms with van der Waals surface area (Å²) < 4.78 is 8.23. The molecule has 0 unspecified atom stereocenters. The molecule has 1 aromatic carbocycles. The van der Waals surface area contributed by atoms with Crippen LogP contribution < -0.4 is 10.6 Å². The highest BCUT2D eigenvalue weighted by molar-refractivity contribution is 14.0. The first-order valence-corrected chi connectivity index (χ1v) is 11.4. The van der Waals surface area contributed by atoms with Crippen molar-refractivity contribution >= 4 is 29.9 Å². The van der Waals surface area contributed by atoms with Crippen molar-refractivity contribution in [3.63, 3.8) is 0 Å². The standard InChI is InChI=1S/C24H37N5O.HI/c1-3-25-24(27-14-16-30-23-11-6-4-5-7-12-23)28-18-21-9-8-10-22(17-21)19-29-15-13-26-20(29)2;/h8-10,13,15,17,23H,3-7,11-12,14,16,18-19H2,1-2H3,(H2,25,27,28);1H. The molecule has 1 fully saturated rings.